The molecule has 0 bridgehead atoms. The number of nitrogens with one attached hydrogen (secondary N) is 1. The summed E-state index contributed by atoms with van der Waals surface area (Å²) in [4.78, 5) is 2.32. The molecule has 0 saturated heterocycles. The molecule has 0 saturated carbocycles. The van der Waals surface area contributed by atoms with Gasteiger partial charge in [-0.05, 0) is 12.6 Å². The third-order valence-electron chi connectivity index (χ3n) is 3.67. The summed E-state index contributed by atoms with van der Waals surface area (Å²) in [5.74, 6) is 1.06. The molecule has 2 aromatic rings. The Morgan fingerprint density at radius 1 is 1.33 bits per heavy atom. The molecular formula is C18H26N2O. The lowest BCUT2D eigenvalue weighted by molar-refractivity contribution is 0.283. The van der Waals surface area contributed by atoms with E-state index in [4.69, 9.17) is 4.42 Å². The molecule has 0 amide bonds. The molecule has 3 heteroatoms. The van der Waals surface area contributed by atoms with Crippen LogP contribution in [0.3, 0.4) is 0 Å². The maximum atomic E-state index is 6.09. The molecule has 1 N–H and O–H groups in total. The van der Waals surface area contributed by atoms with Crippen LogP contribution in [-0.4, -0.2) is 24.0 Å². The molecule has 0 aliphatic heterocycles. The zero-order valence-corrected chi connectivity index (χ0v) is 13.4. The number of hydrogen-bond donors (Lipinski definition) is 1. The van der Waals surface area contributed by atoms with Crippen LogP contribution in [0.4, 0.5) is 0 Å². The van der Waals surface area contributed by atoms with Crippen molar-refractivity contribution in [3.8, 4) is 0 Å². The predicted octanol–water partition coefficient (Wildman–Crippen LogP) is 3.94. The average Bonchev–Trinajstić information content (AvgIpc) is 2.81. The van der Waals surface area contributed by atoms with E-state index in [-0.39, 0.29) is 0 Å². The molecule has 0 aliphatic rings. The lowest BCUT2D eigenvalue weighted by Crippen LogP contribution is -2.25. The summed E-state index contributed by atoms with van der Waals surface area (Å²) in [5.41, 5.74) is 2.25. The summed E-state index contributed by atoms with van der Waals surface area (Å²) in [5, 5.41) is 4.72. The molecule has 21 heavy (non-hydrogen) atoms. The second-order valence-corrected chi connectivity index (χ2v) is 5.65. The zero-order valence-electron chi connectivity index (χ0n) is 13.4. The van der Waals surface area contributed by atoms with Gasteiger partial charge in [0.25, 0.3) is 0 Å². The van der Waals surface area contributed by atoms with E-state index < -0.39 is 0 Å². The highest BCUT2D eigenvalue weighted by Crippen LogP contribution is 2.27. The van der Waals surface area contributed by atoms with Crippen molar-refractivity contribution in [1.29, 1.82) is 0 Å². The molecule has 0 unspecified atom stereocenters. The van der Waals surface area contributed by atoms with Gasteiger partial charge in [-0.25, -0.2) is 0 Å². The van der Waals surface area contributed by atoms with Crippen molar-refractivity contribution in [3.05, 3.63) is 48.2 Å². The number of likely N-dealkylation sites (N-methyl/N-ethyl adjacent to an activating group) is 1. The maximum Gasteiger partial charge on any atom is 0.134 e. The van der Waals surface area contributed by atoms with Gasteiger partial charge in [-0.3, -0.25) is 4.90 Å². The average molecular weight is 286 g/mol. The first-order chi connectivity index (χ1) is 10.2. The van der Waals surface area contributed by atoms with Gasteiger partial charge in [0.05, 0.1) is 6.54 Å². The molecular weight excluding hydrogens is 260 g/mol. The summed E-state index contributed by atoms with van der Waals surface area (Å²) in [6.45, 7) is 13.9. The van der Waals surface area contributed by atoms with Crippen molar-refractivity contribution in [2.24, 2.45) is 0 Å². The van der Waals surface area contributed by atoms with Crippen LogP contribution in [0.25, 0.3) is 11.0 Å². The summed E-state index contributed by atoms with van der Waals surface area (Å²) >= 11 is 0. The van der Waals surface area contributed by atoms with Gasteiger partial charge in [-0.15, -0.1) is 6.58 Å². The van der Waals surface area contributed by atoms with E-state index in [1.165, 1.54) is 10.9 Å². The van der Waals surface area contributed by atoms with E-state index in [1.54, 1.807) is 0 Å². The second-order valence-electron chi connectivity index (χ2n) is 5.65. The van der Waals surface area contributed by atoms with Crippen molar-refractivity contribution < 1.29 is 4.42 Å². The van der Waals surface area contributed by atoms with E-state index in [1.807, 2.05) is 18.2 Å². The van der Waals surface area contributed by atoms with Crippen molar-refractivity contribution in [2.75, 3.05) is 13.1 Å². The minimum atomic E-state index is 0.460. The van der Waals surface area contributed by atoms with E-state index in [2.05, 4.69) is 49.7 Å². The normalized spacial score (nSPS) is 11.7. The summed E-state index contributed by atoms with van der Waals surface area (Å²) < 4.78 is 6.09. The molecule has 1 aromatic heterocycles. The van der Waals surface area contributed by atoms with E-state index >= 15 is 0 Å². The Bertz CT molecular complexity index is 586. The van der Waals surface area contributed by atoms with Gasteiger partial charge >= 0.3 is 0 Å². The highest BCUT2D eigenvalue weighted by molar-refractivity contribution is 5.82. The Morgan fingerprint density at radius 3 is 2.76 bits per heavy atom. The number of furan rings is 1. The van der Waals surface area contributed by atoms with Crippen LogP contribution in [0.5, 0.6) is 0 Å². The fourth-order valence-electron chi connectivity index (χ4n) is 2.47. The first-order valence-corrected chi connectivity index (χ1v) is 7.71. The van der Waals surface area contributed by atoms with Crippen LogP contribution in [0.1, 0.15) is 32.1 Å². The molecule has 0 atom stereocenters. The van der Waals surface area contributed by atoms with Crippen LogP contribution >= 0.6 is 0 Å². The van der Waals surface area contributed by atoms with E-state index in [9.17, 15) is 0 Å². The van der Waals surface area contributed by atoms with Crippen molar-refractivity contribution >= 4 is 11.0 Å². The number of fused-ring (bicyclic) bond motifs is 1. The molecule has 114 valence electrons. The third-order valence-corrected chi connectivity index (χ3v) is 3.67. The first-order valence-electron chi connectivity index (χ1n) is 7.71. The molecule has 0 radical (unpaired) electrons. The largest absolute Gasteiger partial charge is 0.459 e. The quantitative estimate of drug-likeness (QED) is 0.745. The number of rotatable bonds is 8. The van der Waals surface area contributed by atoms with Gasteiger partial charge < -0.3 is 9.73 Å². The highest BCUT2D eigenvalue weighted by atomic mass is 16.3. The predicted molar refractivity (Wildman–Crippen MR) is 89.3 cm³/mol. The molecule has 0 aliphatic carbocycles. The fraction of sp³-hybridized carbons (Fsp3) is 0.444. The van der Waals surface area contributed by atoms with Crippen LogP contribution in [0, 0.1) is 0 Å². The monoisotopic (exact) mass is 286 g/mol. The molecule has 0 spiro atoms. The Kier molecular flexibility index (Phi) is 5.59. The van der Waals surface area contributed by atoms with Gasteiger partial charge in [-0.1, -0.05) is 45.0 Å². The molecule has 2 rings (SSSR count). The van der Waals surface area contributed by atoms with Crippen LogP contribution in [-0.2, 0) is 13.1 Å². The number of benzene rings is 1. The lowest BCUT2D eigenvalue weighted by Gasteiger charge is -2.18. The van der Waals surface area contributed by atoms with Crippen LogP contribution < -0.4 is 5.32 Å². The summed E-state index contributed by atoms with van der Waals surface area (Å²) in [6.07, 6.45) is 1.94. The smallest absolute Gasteiger partial charge is 0.134 e. The second kappa shape index (κ2) is 7.43. The number of para-hydroxylation sites is 1. The number of nitrogens with zero attached hydrogens (tertiary/aromatic N) is 1. The Balaban J connectivity index is 2.31. The van der Waals surface area contributed by atoms with Gasteiger partial charge in [0.2, 0.25) is 0 Å². The summed E-state index contributed by atoms with van der Waals surface area (Å²) in [7, 11) is 0. The third kappa shape index (κ3) is 3.96. The SMILES string of the molecule is C=CCN(CC)Cc1oc2ccccc2c1CNC(C)C. The van der Waals surface area contributed by atoms with E-state index in [0.717, 1.165) is 37.5 Å². The lowest BCUT2D eigenvalue weighted by atomic mass is 10.1. The minimum absolute atomic E-state index is 0.460. The van der Waals surface area contributed by atoms with Crippen LogP contribution in [0.2, 0.25) is 0 Å². The zero-order chi connectivity index (χ0) is 15.2. The summed E-state index contributed by atoms with van der Waals surface area (Å²) in [6, 6.07) is 8.74. The topological polar surface area (TPSA) is 28.4 Å². The Hall–Kier alpha value is -1.58. The molecule has 3 nitrogen and oxygen atoms in total. The Morgan fingerprint density at radius 2 is 2.10 bits per heavy atom. The molecule has 1 aromatic carbocycles. The van der Waals surface area contributed by atoms with E-state index in [0.29, 0.717) is 6.04 Å². The molecule has 1 heterocycles. The van der Waals surface area contributed by atoms with Gasteiger partial charge in [0.15, 0.2) is 0 Å². The maximum absolute atomic E-state index is 6.09. The Labute approximate surface area is 127 Å². The number of hydrogen-bond acceptors (Lipinski definition) is 3. The van der Waals surface area contributed by atoms with Gasteiger partial charge in [0, 0.05) is 30.1 Å². The van der Waals surface area contributed by atoms with Gasteiger partial charge in [0.1, 0.15) is 11.3 Å². The highest BCUT2D eigenvalue weighted by Gasteiger charge is 2.16. The van der Waals surface area contributed by atoms with Crippen molar-refractivity contribution in [1.82, 2.24) is 10.2 Å². The fourth-order valence-corrected chi connectivity index (χ4v) is 2.47. The van der Waals surface area contributed by atoms with Crippen molar-refractivity contribution in [2.45, 2.75) is 39.9 Å². The van der Waals surface area contributed by atoms with Crippen molar-refractivity contribution in [3.63, 3.8) is 0 Å². The standard InChI is InChI=1S/C18H26N2O/c1-5-11-20(6-2)13-18-16(12-19-14(3)4)15-9-7-8-10-17(15)21-18/h5,7-10,14,19H,1,6,11-13H2,2-4H3. The van der Waals surface area contributed by atoms with Gasteiger partial charge in [-0.2, -0.15) is 0 Å². The molecule has 0 fully saturated rings. The first kappa shape index (κ1) is 15.8. The minimum Gasteiger partial charge on any atom is -0.459 e. The van der Waals surface area contributed by atoms with Crippen LogP contribution in [0.15, 0.2) is 41.3 Å².